The van der Waals surface area contributed by atoms with Gasteiger partial charge in [0, 0.05) is 22.9 Å². The molecule has 3 nitrogen and oxygen atoms in total. The second-order valence-electron chi connectivity index (χ2n) is 5.15. The Kier molecular flexibility index (Phi) is 5.23. The predicted octanol–water partition coefficient (Wildman–Crippen LogP) is 4.78. The number of hydrogen-bond acceptors (Lipinski definition) is 1. The van der Waals surface area contributed by atoms with Gasteiger partial charge in [-0.2, -0.15) is 0 Å². The molecule has 0 fully saturated rings. The van der Waals surface area contributed by atoms with E-state index in [2.05, 4.69) is 41.2 Å². The maximum Gasteiger partial charge on any atom is 0.272 e. The minimum absolute atomic E-state index is 0.0573. The molecule has 0 atom stereocenters. The number of carbonyl (C=O) groups is 1. The number of amides is 1. The predicted molar refractivity (Wildman–Crippen MR) is 90.9 cm³/mol. The van der Waals surface area contributed by atoms with Gasteiger partial charge in [-0.3, -0.25) is 4.79 Å². The third-order valence-corrected chi connectivity index (χ3v) is 3.97. The minimum atomic E-state index is -0.0573. The van der Waals surface area contributed by atoms with E-state index < -0.39 is 0 Å². The summed E-state index contributed by atoms with van der Waals surface area (Å²) in [5.74, 6) is -0.0573. The Balaban J connectivity index is 2.30. The molecule has 0 spiro atoms. The summed E-state index contributed by atoms with van der Waals surface area (Å²) >= 11 is 3.45. The van der Waals surface area contributed by atoms with Crippen LogP contribution in [0.5, 0.6) is 0 Å². The average Bonchev–Trinajstić information content (AvgIpc) is 2.82. The Labute approximate surface area is 134 Å². The van der Waals surface area contributed by atoms with E-state index in [0.717, 1.165) is 40.7 Å². The number of aromatic nitrogens is 1. The molecule has 0 radical (unpaired) electrons. The van der Waals surface area contributed by atoms with Gasteiger partial charge in [-0.1, -0.05) is 32.0 Å². The van der Waals surface area contributed by atoms with E-state index in [4.69, 9.17) is 0 Å². The van der Waals surface area contributed by atoms with Crippen LogP contribution in [0.2, 0.25) is 0 Å². The van der Waals surface area contributed by atoms with Crippen LogP contribution in [0.4, 0.5) is 5.69 Å². The molecule has 1 aromatic carbocycles. The zero-order valence-corrected chi connectivity index (χ0v) is 14.3. The lowest BCUT2D eigenvalue weighted by molar-refractivity contribution is 0.101. The zero-order valence-electron chi connectivity index (χ0n) is 12.7. The van der Waals surface area contributed by atoms with Crippen molar-refractivity contribution < 1.29 is 4.79 Å². The highest BCUT2D eigenvalue weighted by Crippen LogP contribution is 2.23. The summed E-state index contributed by atoms with van der Waals surface area (Å²) in [6.45, 7) is 7.06. The lowest BCUT2D eigenvalue weighted by Crippen LogP contribution is -2.18. The lowest BCUT2D eigenvalue weighted by Gasteiger charge is -2.14. The molecule has 2 rings (SSSR count). The van der Waals surface area contributed by atoms with Crippen molar-refractivity contribution in [2.45, 2.75) is 40.2 Å². The second kappa shape index (κ2) is 6.94. The first-order chi connectivity index (χ1) is 10.1. The summed E-state index contributed by atoms with van der Waals surface area (Å²) in [5, 5.41) is 3.08. The summed E-state index contributed by atoms with van der Waals surface area (Å²) in [4.78, 5) is 12.6. The third-order valence-electron chi connectivity index (χ3n) is 3.54. The number of nitrogens with zero attached hydrogens (tertiary/aromatic N) is 1. The van der Waals surface area contributed by atoms with Crippen molar-refractivity contribution in [3.63, 3.8) is 0 Å². The van der Waals surface area contributed by atoms with Gasteiger partial charge >= 0.3 is 0 Å². The number of benzene rings is 1. The van der Waals surface area contributed by atoms with Crippen molar-refractivity contribution in [2.24, 2.45) is 0 Å². The molecule has 0 aliphatic heterocycles. The molecule has 0 unspecified atom stereocenters. The number of anilines is 1. The van der Waals surface area contributed by atoms with Crippen LogP contribution in [0.25, 0.3) is 0 Å². The molecule has 1 amide bonds. The van der Waals surface area contributed by atoms with Crippen LogP contribution in [0, 0.1) is 6.92 Å². The van der Waals surface area contributed by atoms with E-state index >= 15 is 0 Å². The maximum absolute atomic E-state index is 12.6. The average molecular weight is 349 g/mol. The Bertz CT molecular complexity index is 646. The highest BCUT2D eigenvalue weighted by atomic mass is 79.9. The number of nitrogens with one attached hydrogen (secondary N) is 1. The highest BCUT2D eigenvalue weighted by Gasteiger charge is 2.15. The van der Waals surface area contributed by atoms with Gasteiger partial charge in [0.25, 0.3) is 5.91 Å². The molecule has 112 valence electrons. The molecule has 2 aromatic rings. The fourth-order valence-electron chi connectivity index (χ4n) is 2.47. The van der Waals surface area contributed by atoms with Gasteiger partial charge in [-0.25, -0.2) is 0 Å². The number of hydrogen-bond donors (Lipinski definition) is 1. The molecule has 0 aliphatic carbocycles. The Morgan fingerprint density at radius 2 is 2.10 bits per heavy atom. The van der Waals surface area contributed by atoms with Crippen molar-refractivity contribution in [3.8, 4) is 0 Å². The lowest BCUT2D eigenvalue weighted by atomic mass is 10.1. The monoisotopic (exact) mass is 348 g/mol. The standard InChI is InChI=1S/C17H21BrN2O/c1-4-9-20-11-14(18)10-15(20)17(21)19-16-12(3)7-6-8-13(16)5-2/h6-8,10-11H,4-5,9H2,1-3H3,(H,19,21). The van der Waals surface area contributed by atoms with Crippen LogP contribution in [-0.4, -0.2) is 10.5 Å². The number of aryl methyl sites for hydroxylation is 3. The molecular weight excluding hydrogens is 328 g/mol. The molecule has 0 bridgehead atoms. The van der Waals surface area contributed by atoms with Crippen LogP contribution in [-0.2, 0) is 13.0 Å². The summed E-state index contributed by atoms with van der Waals surface area (Å²) in [5.41, 5.74) is 3.88. The minimum Gasteiger partial charge on any atom is -0.342 e. The molecular formula is C17H21BrN2O. The van der Waals surface area contributed by atoms with Crippen molar-refractivity contribution in [3.05, 3.63) is 51.8 Å². The first-order valence-electron chi connectivity index (χ1n) is 7.32. The summed E-state index contributed by atoms with van der Waals surface area (Å²) < 4.78 is 2.92. The van der Waals surface area contributed by atoms with Crippen LogP contribution in [0.3, 0.4) is 0 Å². The molecule has 0 saturated carbocycles. The van der Waals surface area contributed by atoms with E-state index in [9.17, 15) is 4.79 Å². The number of halogens is 1. The molecule has 0 aliphatic rings. The quantitative estimate of drug-likeness (QED) is 0.828. The Morgan fingerprint density at radius 3 is 2.76 bits per heavy atom. The first kappa shape index (κ1) is 15.8. The molecule has 1 N–H and O–H groups in total. The number of rotatable bonds is 5. The van der Waals surface area contributed by atoms with Gasteiger partial charge in [0.15, 0.2) is 0 Å². The Morgan fingerprint density at radius 1 is 1.33 bits per heavy atom. The topological polar surface area (TPSA) is 34.0 Å². The third kappa shape index (κ3) is 3.56. The molecule has 1 aromatic heterocycles. The van der Waals surface area contributed by atoms with Gasteiger partial charge < -0.3 is 9.88 Å². The van der Waals surface area contributed by atoms with Crippen LogP contribution >= 0.6 is 15.9 Å². The Hall–Kier alpha value is -1.55. The van der Waals surface area contributed by atoms with E-state index in [-0.39, 0.29) is 5.91 Å². The van der Waals surface area contributed by atoms with E-state index in [1.165, 1.54) is 0 Å². The summed E-state index contributed by atoms with van der Waals surface area (Å²) in [6, 6.07) is 7.98. The second-order valence-corrected chi connectivity index (χ2v) is 6.07. The SMILES string of the molecule is CCCn1cc(Br)cc1C(=O)Nc1c(C)cccc1CC. The maximum atomic E-state index is 12.6. The first-order valence-corrected chi connectivity index (χ1v) is 8.11. The molecule has 4 heteroatoms. The smallest absolute Gasteiger partial charge is 0.272 e. The normalized spacial score (nSPS) is 10.7. The van der Waals surface area contributed by atoms with Crippen molar-refractivity contribution in [1.29, 1.82) is 0 Å². The summed E-state index contributed by atoms with van der Waals surface area (Å²) in [6.07, 6.45) is 3.85. The van der Waals surface area contributed by atoms with Gasteiger partial charge in [0.2, 0.25) is 0 Å². The van der Waals surface area contributed by atoms with Crippen LogP contribution in [0.1, 0.15) is 41.9 Å². The van der Waals surface area contributed by atoms with E-state index in [0.29, 0.717) is 5.69 Å². The van der Waals surface area contributed by atoms with Crippen molar-refractivity contribution in [1.82, 2.24) is 4.57 Å². The van der Waals surface area contributed by atoms with Crippen LogP contribution < -0.4 is 5.32 Å². The van der Waals surface area contributed by atoms with Crippen LogP contribution in [0.15, 0.2) is 34.9 Å². The molecule has 1 heterocycles. The van der Waals surface area contributed by atoms with E-state index in [1.54, 1.807) is 0 Å². The van der Waals surface area contributed by atoms with Crippen molar-refractivity contribution >= 4 is 27.5 Å². The fraction of sp³-hybridized carbons (Fsp3) is 0.353. The van der Waals surface area contributed by atoms with Gasteiger partial charge in [0.05, 0.1) is 0 Å². The summed E-state index contributed by atoms with van der Waals surface area (Å²) in [7, 11) is 0. The zero-order chi connectivity index (χ0) is 15.4. The van der Waals surface area contributed by atoms with Gasteiger partial charge in [-0.15, -0.1) is 0 Å². The molecule has 21 heavy (non-hydrogen) atoms. The number of carbonyl (C=O) groups excluding carboxylic acids is 1. The fourth-order valence-corrected chi connectivity index (χ4v) is 2.93. The van der Waals surface area contributed by atoms with Gasteiger partial charge in [0.1, 0.15) is 5.69 Å². The number of para-hydroxylation sites is 1. The highest BCUT2D eigenvalue weighted by molar-refractivity contribution is 9.10. The van der Waals surface area contributed by atoms with Crippen molar-refractivity contribution in [2.75, 3.05) is 5.32 Å². The molecule has 0 saturated heterocycles. The van der Waals surface area contributed by atoms with E-state index in [1.807, 2.05) is 35.9 Å². The largest absolute Gasteiger partial charge is 0.342 e. The van der Waals surface area contributed by atoms with Gasteiger partial charge in [-0.05, 0) is 52.9 Å².